The number of carbonyl (C=O) groups is 2. The molecule has 2 aromatic carbocycles. The number of para-hydroxylation sites is 1. The van der Waals surface area contributed by atoms with Crippen molar-refractivity contribution in [2.24, 2.45) is 0 Å². The van der Waals surface area contributed by atoms with Crippen LogP contribution < -0.4 is 10.1 Å². The number of ketones is 1. The minimum absolute atomic E-state index is 0.0354. The highest BCUT2D eigenvalue weighted by Crippen LogP contribution is 2.29. The molecule has 2 heterocycles. The zero-order valence-electron chi connectivity index (χ0n) is 17.5. The maximum Gasteiger partial charge on any atom is 0.250 e. The van der Waals surface area contributed by atoms with Crippen LogP contribution in [-0.4, -0.2) is 33.4 Å². The number of rotatable bonds is 7. The second kappa shape index (κ2) is 8.69. The highest BCUT2D eigenvalue weighted by Gasteiger charge is 2.17. The number of hydrogen-bond donors (Lipinski definition) is 1. The Morgan fingerprint density at radius 3 is 2.71 bits per heavy atom. The normalized spacial score (nSPS) is 10.9. The van der Waals surface area contributed by atoms with Crippen molar-refractivity contribution in [1.82, 2.24) is 14.6 Å². The van der Waals surface area contributed by atoms with Crippen LogP contribution in [0.25, 0.3) is 16.2 Å². The largest absolute Gasteiger partial charge is 0.496 e. The molecule has 0 atom stereocenters. The number of ether oxygens (including phenoxy) is 1. The average Bonchev–Trinajstić information content (AvgIpc) is 3.32. The Kier molecular flexibility index (Phi) is 5.81. The summed E-state index contributed by atoms with van der Waals surface area (Å²) in [6.45, 7) is 4.12. The van der Waals surface area contributed by atoms with Gasteiger partial charge in [-0.15, -0.1) is 16.4 Å². The van der Waals surface area contributed by atoms with Gasteiger partial charge < -0.3 is 4.74 Å². The summed E-state index contributed by atoms with van der Waals surface area (Å²) < 4.78 is 6.95. The quantitative estimate of drug-likeness (QED) is 0.427. The number of nitrogens with zero attached hydrogens (tertiary/aromatic N) is 3. The van der Waals surface area contributed by atoms with Crippen LogP contribution in [0, 0.1) is 13.8 Å². The molecule has 0 aliphatic heterocycles. The highest BCUT2D eigenvalue weighted by molar-refractivity contribution is 7.15. The monoisotopic (exact) mass is 434 g/mol. The van der Waals surface area contributed by atoms with Gasteiger partial charge in [-0.2, -0.15) is 4.98 Å². The smallest absolute Gasteiger partial charge is 0.250 e. The second-order valence-electron chi connectivity index (χ2n) is 7.24. The molecule has 0 aliphatic carbocycles. The lowest BCUT2D eigenvalue weighted by Crippen LogP contribution is -2.15. The van der Waals surface area contributed by atoms with Crippen LogP contribution in [0.1, 0.15) is 34.3 Å². The van der Waals surface area contributed by atoms with Crippen molar-refractivity contribution in [2.75, 3.05) is 12.4 Å². The molecule has 8 heteroatoms. The third-order valence-corrected chi connectivity index (χ3v) is 5.79. The summed E-state index contributed by atoms with van der Waals surface area (Å²) in [7, 11) is 1.52. The zero-order chi connectivity index (χ0) is 22.0. The van der Waals surface area contributed by atoms with E-state index in [4.69, 9.17) is 4.74 Å². The molecule has 0 saturated heterocycles. The van der Waals surface area contributed by atoms with Crippen molar-refractivity contribution >= 4 is 33.9 Å². The first-order chi connectivity index (χ1) is 15.0. The molecule has 0 radical (unpaired) electrons. The molecule has 0 bridgehead atoms. The van der Waals surface area contributed by atoms with E-state index in [1.807, 2.05) is 5.38 Å². The number of benzene rings is 2. The number of hydrogen-bond acceptors (Lipinski definition) is 6. The number of amides is 1. The Bertz CT molecular complexity index is 1280. The van der Waals surface area contributed by atoms with Gasteiger partial charge in [0.15, 0.2) is 5.78 Å². The average molecular weight is 435 g/mol. The summed E-state index contributed by atoms with van der Waals surface area (Å²) >= 11 is 1.46. The lowest BCUT2D eigenvalue weighted by atomic mass is 10.0. The van der Waals surface area contributed by atoms with Gasteiger partial charge in [-0.3, -0.25) is 14.9 Å². The summed E-state index contributed by atoms with van der Waals surface area (Å²) in [5, 5.41) is 9.15. The van der Waals surface area contributed by atoms with Gasteiger partial charge in [0.1, 0.15) is 5.75 Å². The molecular weight excluding hydrogens is 412 g/mol. The van der Waals surface area contributed by atoms with E-state index in [2.05, 4.69) is 47.4 Å². The minimum Gasteiger partial charge on any atom is -0.496 e. The lowest BCUT2D eigenvalue weighted by Gasteiger charge is -2.07. The van der Waals surface area contributed by atoms with Gasteiger partial charge in [-0.25, -0.2) is 4.52 Å². The van der Waals surface area contributed by atoms with Crippen molar-refractivity contribution in [3.05, 3.63) is 64.5 Å². The van der Waals surface area contributed by atoms with Gasteiger partial charge in [0.2, 0.25) is 16.8 Å². The third kappa shape index (κ3) is 4.34. The minimum atomic E-state index is -0.311. The van der Waals surface area contributed by atoms with Crippen molar-refractivity contribution in [2.45, 2.75) is 26.7 Å². The molecule has 0 saturated carbocycles. The molecule has 158 valence electrons. The van der Waals surface area contributed by atoms with Gasteiger partial charge in [0.05, 0.1) is 18.4 Å². The van der Waals surface area contributed by atoms with Crippen molar-refractivity contribution < 1.29 is 14.3 Å². The number of aromatic nitrogens is 3. The number of carbonyl (C=O) groups excluding carboxylic acids is 2. The number of nitrogens with one attached hydrogen (secondary N) is 1. The number of fused-ring (bicyclic) bond motifs is 1. The molecule has 1 N–H and O–H groups in total. The first kappa shape index (κ1) is 20.7. The number of methoxy groups -OCH3 is 1. The second-order valence-corrected chi connectivity index (χ2v) is 8.08. The fourth-order valence-corrected chi connectivity index (χ4v) is 4.27. The van der Waals surface area contributed by atoms with E-state index >= 15 is 0 Å². The van der Waals surface area contributed by atoms with Crippen LogP contribution in [0.3, 0.4) is 0 Å². The molecule has 0 spiro atoms. The number of Topliss-reactive ketones (excluding diaryl/α,β-unsaturated/α-hetero) is 1. The first-order valence-corrected chi connectivity index (χ1v) is 10.7. The molecule has 31 heavy (non-hydrogen) atoms. The highest BCUT2D eigenvalue weighted by atomic mass is 32.1. The van der Waals surface area contributed by atoms with E-state index in [9.17, 15) is 9.59 Å². The molecule has 4 rings (SSSR count). The first-order valence-electron chi connectivity index (χ1n) is 9.84. The van der Waals surface area contributed by atoms with Gasteiger partial charge >= 0.3 is 0 Å². The molecule has 0 unspecified atom stereocenters. The van der Waals surface area contributed by atoms with Gasteiger partial charge in [0.25, 0.3) is 0 Å². The van der Waals surface area contributed by atoms with Gasteiger partial charge in [-0.1, -0.05) is 35.9 Å². The zero-order valence-corrected chi connectivity index (χ0v) is 18.3. The van der Waals surface area contributed by atoms with Gasteiger partial charge in [-0.05, 0) is 31.5 Å². The molecule has 0 fully saturated rings. The van der Waals surface area contributed by atoms with Crippen molar-refractivity contribution in [3.63, 3.8) is 0 Å². The predicted octanol–water partition coefficient (Wildman–Crippen LogP) is 4.68. The standard InChI is InChI=1S/C23H22N4O3S/c1-14-8-9-16(15(2)12-14)18-13-31-23-25-22(26-27(18)23)24-21(29)11-10-19(28)17-6-4-5-7-20(17)30-3/h4-9,12-13H,10-11H2,1-3H3,(H,24,26,29). The Morgan fingerprint density at radius 1 is 1.13 bits per heavy atom. The topological polar surface area (TPSA) is 85.6 Å². The van der Waals surface area contributed by atoms with Crippen LogP contribution in [0.15, 0.2) is 47.8 Å². The molecule has 7 nitrogen and oxygen atoms in total. The number of anilines is 1. The maximum atomic E-state index is 12.4. The predicted molar refractivity (Wildman–Crippen MR) is 121 cm³/mol. The lowest BCUT2D eigenvalue weighted by molar-refractivity contribution is -0.116. The number of thiazole rings is 1. The summed E-state index contributed by atoms with van der Waals surface area (Å²) in [6.07, 6.45) is 0.107. The van der Waals surface area contributed by atoms with Crippen LogP contribution >= 0.6 is 11.3 Å². The maximum absolute atomic E-state index is 12.4. The molecule has 0 aliphatic rings. The Balaban J connectivity index is 1.45. The van der Waals surface area contributed by atoms with Crippen LogP contribution in [-0.2, 0) is 4.79 Å². The Labute approximate surface area is 183 Å². The molecule has 2 aromatic heterocycles. The van der Waals surface area contributed by atoms with Crippen LogP contribution in [0.2, 0.25) is 0 Å². The molecule has 1 amide bonds. The number of aryl methyl sites for hydroxylation is 2. The Hall–Kier alpha value is -3.52. The Morgan fingerprint density at radius 2 is 1.94 bits per heavy atom. The van der Waals surface area contributed by atoms with E-state index in [-0.39, 0.29) is 30.5 Å². The fourth-order valence-electron chi connectivity index (χ4n) is 3.44. The summed E-state index contributed by atoms with van der Waals surface area (Å²) in [6, 6.07) is 13.2. The van der Waals surface area contributed by atoms with E-state index < -0.39 is 0 Å². The summed E-state index contributed by atoms with van der Waals surface area (Å²) in [5.74, 6) is 0.272. The fraction of sp³-hybridized carbons (Fsp3) is 0.217. The van der Waals surface area contributed by atoms with Crippen LogP contribution in [0.5, 0.6) is 5.75 Å². The molecule has 4 aromatic rings. The van der Waals surface area contributed by atoms with Crippen molar-refractivity contribution in [1.29, 1.82) is 0 Å². The third-order valence-electron chi connectivity index (χ3n) is 4.98. The van der Waals surface area contributed by atoms with E-state index in [0.29, 0.717) is 16.3 Å². The van der Waals surface area contributed by atoms with Crippen molar-refractivity contribution in [3.8, 4) is 17.0 Å². The van der Waals surface area contributed by atoms with E-state index in [0.717, 1.165) is 16.8 Å². The van der Waals surface area contributed by atoms with Crippen LogP contribution in [0.4, 0.5) is 5.95 Å². The SMILES string of the molecule is COc1ccccc1C(=O)CCC(=O)Nc1nc2scc(-c3ccc(C)cc3C)n2n1. The summed E-state index contributed by atoms with van der Waals surface area (Å²) in [5.41, 5.74) is 4.81. The van der Waals surface area contributed by atoms with E-state index in [1.165, 1.54) is 24.0 Å². The summed E-state index contributed by atoms with van der Waals surface area (Å²) in [4.78, 5) is 29.9. The van der Waals surface area contributed by atoms with Gasteiger partial charge in [0, 0.05) is 23.8 Å². The molecular formula is C23H22N4O3S. The van der Waals surface area contributed by atoms with E-state index in [1.54, 1.807) is 28.8 Å².